The lowest BCUT2D eigenvalue weighted by atomic mass is 10.1. The van der Waals surface area contributed by atoms with E-state index < -0.39 is 14.2 Å². The molecule has 188 valence electrons. The zero-order valence-electron chi connectivity index (χ0n) is 21.3. The molecule has 8 heteroatoms. The molecular formula is C27H36ClN3O3Si. The lowest BCUT2D eigenvalue weighted by Crippen LogP contribution is -2.45. The van der Waals surface area contributed by atoms with Crippen LogP contribution in [-0.4, -0.2) is 36.5 Å². The fraction of sp³-hybridized carbons (Fsp3) is 0.407. The maximum absolute atomic E-state index is 11.4. The Morgan fingerprint density at radius 3 is 2.49 bits per heavy atom. The molecule has 2 aromatic carbocycles. The second kappa shape index (κ2) is 11.4. The largest absolute Gasteiger partial charge is 0.494 e. The zero-order chi connectivity index (χ0) is 25.6. The van der Waals surface area contributed by atoms with Crippen molar-refractivity contribution in [1.82, 2.24) is 9.55 Å². The van der Waals surface area contributed by atoms with Crippen molar-refractivity contribution < 1.29 is 14.0 Å². The standard InChI is InChI=1S/C27H36ClN3O3Si/c1-27(2,3)35(4,5)34-24(17-31-18-25(26(29)32)30-19-31)10-7-15-33-23-9-6-8-21(16-23)20-11-13-22(28)14-12-20/h6,8-9,11-14,16,18-19,24H,7,10,15,17H2,1-5H3,(H2,29,32)/t24-/m0/s1. The first-order valence-corrected chi connectivity index (χ1v) is 15.2. The van der Waals surface area contributed by atoms with Gasteiger partial charge in [0, 0.05) is 17.8 Å². The van der Waals surface area contributed by atoms with Crippen LogP contribution in [0.5, 0.6) is 5.75 Å². The third-order valence-corrected chi connectivity index (χ3v) is 11.3. The summed E-state index contributed by atoms with van der Waals surface area (Å²) in [7, 11) is -1.99. The molecule has 0 aliphatic rings. The number of primary amides is 1. The number of imidazole rings is 1. The van der Waals surface area contributed by atoms with Crippen molar-refractivity contribution in [1.29, 1.82) is 0 Å². The van der Waals surface area contributed by atoms with E-state index in [-0.39, 0.29) is 16.8 Å². The average molecular weight is 514 g/mol. The molecule has 1 atom stereocenters. The van der Waals surface area contributed by atoms with E-state index in [1.807, 2.05) is 47.0 Å². The Morgan fingerprint density at radius 2 is 1.86 bits per heavy atom. The van der Waals surface area contributed by atoms with Gasteiger partial charge >= 0.3 is 0 Å². The molecule has 0 radical (unpaired) electrons. The van der Waals surface area contributed by atoms with Crippen LogP contribution in [0.25, 0.3) is 11.1 Å². The van der Waals surface area contributed by atoms with Crippen LogP contribution in [-0.2, 0) is 11.0 Å². The fourth-order valence-electron chi connectivity index (χ4n) is 3.51. The van der Waals surface area contributed by atoms with Crippen molar-refractivity contribution in [2.75, 3.05) is 6.61 Å². The molecule has 0 aliphatic carbocycles. The highest BCUT2D eigenvalue weighted by Crippen LogP contribution is 2.38. The van der Waals surface area contributed by atoms with Crippen molar-refractivity contribution in [2.24, 2.45) is 5.73 Å². The number of carbonyl (C=O) groups is 1. The number of benzene rings is 2. The van der Waals surface area contributed by atoms with Gasteiger partial charge in [-0.25, -0.2) is 4.98 Å². The normalized spacial score (nSPS) is 13.0. The topological polar surface area (TPSA) is 79.4 Å². The van der Waals surface area contributed by atoms with Crippen LogP contribution >= 0.6 is 11.6 Å². The summed E-state index contributed by atoms with van der Waals surface area (Å²) < 4.78 is 14.7. The minimum atomic E-state index is -1.99. The molecule has 0 spiro atoms. The van der Waals surface area contributed by atoms with Gasteiger partial charge in [-0.3, -0.25) is 4.79 Å². The highest BCUT2D eigenvalue weighted by Gasteiger charge is 2.39. The first kappa shape index (κ1) is 27.0. The number of nitrogens with zero attached hydrogens (tertiary/aromatic N) is 2. The first-order chi connectivity index (χ1) is 16.4. The van der Waals surface area contributed by atoms with E-state index >= 15 is 0 Å². The van der Waals surface area contributed by atoms with E-state index in [1.165, 1.54) is 0 Å². The van der Waals surface area contributed by atoms with Crippen LogP contribution in [0.15, 0.2) is 61.1 Å². The summed E-state index contributed by atoms with van der Waals surface area (Å²) in [5.41, 5.74) is 7.81. The molecule has 1 amide bonds. The average Bonchev–Trinajstić information content (AvgIpc) is 3.25. The van der Waals surface area contributed by atoms with Gasteiger partial charge in [-0.2, -0.15) is 0 Å². The van der Waals surface area contributed by atoms with Crippen molar-refractivity contribution in [3.05, 3.63) is 71.8 Å². The summed E-state index contributed by atoms with van der Waals surface area (Å²) in [6, 6.07) is 15.9. The second-order valence-electron chi connectivity index (χ2n) is 10.3. The first-order valence-electron chi connectivity index (χ1n) is 11.9. The number of hydrogen-bond donors (Lipinski definition) is 1. The molecule has 1 heterocycles. The molecule has 6 nitrogen and oxygen atoms in total. The summed E-state index contributed by atoms with van der Waals surface area (Å²) in [4.78, 5) is 15.5. The fourth-order valence-corrected chi connectivity index (χ4v) is 5.02. The maximum Gasteiger partial charge on any atom is 0.268 e. The van der Waals surface area contributed by atoms with Crippen LogP contribution in [0.4, 0.5) is 0 Å². The van der Waals surface area contributed by atoms with E-state index in [0.29, 0.717) is 13.2 Å². The van der Waals surface area contributed by atoms with Crippen LogP contribution in [0.2, 0.25) is 23.2 Å². The van der Waals surface area contributed by atoms with Gasteiger partial charge in [0.15, 0.2) is 8.32 Å². The predicted octanol–water partition coefficient (Wildman–Crippen LogP) is 6.55. The molecule has 0 saturated carbocycles. The highest BCUT2D eigenvalue weighted by atomic mass is 35.5. The summed E-state index contributed by atoms with van der Waals surface area (Å²) in [6.45, 7) is 12.4. The number of rotatable bonds is 11. The maximum atomic E-state index is 11.4. The smallest absolute Gasteiger partial charge is 0.268 e. The van der Waals surface area contributed by atoms with Gasteiger partial charge < -0.3 is 19.5 Å². The van der Waals surface area contributed by atoms with E-state index in [9.17, 15) is 4.79 Å². The zero-order valence-corrected chi connectivity index (χ0v) is 23.0. The molecule has 3 aromatic rings. The molecule has 1 aromatic heterocycles. The minimum absolute atomic E-state index is 0.0187. The summed E-state index contributed by atoms with van der Waals surface area (Å²) in [5.74, 6) is 0.305. The van der Waals surface area contributed by atoms with Gasteiger partial charge in [-0.15, -0.1) is 0 Å². The van der Waals surface area contributed by atoms with Crippen molar-refractivity contribution >= 4 is 25.8 Å². The van der Waals surface area contributed by atoms with Gasteiger partial charge in [0.2, 0.25) is 0 Å². The molecule has 0 fully saturated rings. The van der Waals surface area contributed by atoms with E-state index in [0.717, 1.165) is 34.7 Å². The summed E-state index contributed by atoms with van der Waals surface area (Å²) in [6.07, 6.45) is 4.97. The Labute approximate surface area is 214 Å². The quantitative estimate of drug-likeness (QED) is 0.233. The highest BCUT2D eigenvalue weighted by molar-refractivity contribution is 6.74. The Kier molecular flexibility index (Phi) is 8.80. The van der Waals surface area contributed by atoms with Crippen molar-refractivity contribution in [3.8, 4) is 16.9 Å². The molecule has 3 rings (SSSR count). The molecule has 0 unspecified atom stereocenters. The number of halogens is 1. The van der Waals surface area contributed by atoms with Gasteiger partial charge in [0.1, 0.15) is 11.4 Å². The monoisotopic (exact) mass is 513 g/mol. The molecule has 0 saturated heterocycles. The Bertz CT molecular complexity index is 1120. The number of amides is 1. The van der Waals surface area contributed by atoms with Gasteiger partial charge in [-0.05, 0) is 66.4 Å². The number of carbonyl (C=O) groups excluding carboxylic acids is 1. The van der Waals surface area contributed by atoms with Gasteiger partial charge in [-0.1, -0.05) is 56.6 Å². The van der Waals surface area contributed by atoms with Crippen molar-refractivity contribution in [3.63, 3.8) is 0 Å². The van der Waals surface area contributed by atoms with Crippen LogP contribution in [0, 0.1) is 0 Å². The summed E-state index contributed by atoms with van der Waals surface area (Å²) in [5, 5.41) is 0.814. The Morgan fingerprint density at radius 1 is 1.14 bits per heavy atom. The molecule has 35 heavy (non-hydrogen) atoms. The number of aromatic nitrogens is 2. The lowest BCUT2D eigenvalue weighted by Gasteiger charge is -2.39. The Hall–Kier alpha value is -2.61. The van der Waals surface area contributed by atoms with Crippen LogP contribution in [0.3, 0.4) is 0 Å². The number of nitrogens with two attached hydrogens (primary N) is 1. The third kappa shape index (κ3) is 7.69. The predicted molar refractivity (Wildman–Crippen MR) is 144 cm³/mol. The van der Waals surface area contributed by atoms with E-state index in [2.05, 4.69) is 44.9 Å². The number of ether oxygens (including phenoxy) is 1. The molecule has 0 aliphatic heterocycles. The second-order valence-corrected chi connectivity index (χ2v) is 15.5. The SMILES string of the molecule is CC(C)(C)[Si](C)(C)O[C@@H](CCCOc1cccc(-c2ccc(Cl)cc2)c1)Cn1cnc(C(N)=O)c1. The van der Waals surface area contributed by atoms with E-state index in [1.54, 1.807) is 12.5 Å². The van der Waals surface area contributed by atoms with Crippen LogP contribution in [0.1, 0.15) is 44.1 Å². The van der Waals surface area contributed by atoms with Crippen molar-refractivity contribution in [2.45, 2.75) is 64.4 Å². The molecular weight excluding hydrogens is 478 g/mol. The van der Waals surface area contributed by atoms with Gasteiger partial charge in [0.05, 0.1) is 19.0 Å². The third-order valence-electron chi connectivity index (χ3n) is 6.52. The summed E-state index contributed by atoms with van der Waals surface area (Å²) >= 11 is 6.01. The lowest BCUT2D eigenvalue weighted by molar-refractivity contribution is 0.0995. The van der Waals surface area contributed by atoms with Gasteiger partial charge in [0.25, 0.3) is 5.91 Å². The molecule has 2 N–H and O–H groups in total. The Balaban J connectivity index is 1.62. The minimum Gasteiger partial charge on any atom is -0.494 e. The number of hydrogen-bond acceptors (Lipinski definition) is 4. The van der Waals surface area contributed by atoms with Crippen LogP contribution < -0.4 is 10.5 Å². The van der Waals surface area contributed by atoms with E-state index in [4.69, 9.17) is 26.5 Å². The molecule has 0 bridgehead atoms.